The number of hydrogen-bond donors (Lipinski definition) is 2. The van der Waals surface area contributed by atoms with Crippen LogP contribution in [0, 0.1) is 11.8 Å². The van der Waals surface area contributed by atoms with Gasteiger partial charge in [0.25, 0.3) is 5.91 Å². The van der Waals surface area contributed by atoms with E-state index in [1.807, 2.05) is 42.5 Å². The third kappa shape index (κ3) is 7.89. The Labute approximate surface area is 272 Å². The van der Waals surface area contributed by atoms with Gasteiger partial charge in [-0.05, 0) is 60.1 Å². The molecule has 1 fully saturated rings. The molecular formula is C34H36ClN7O4. The van der Waals surface area contributed by atoms with Crippen LogP contribution in [0.4, 0.5) is 0 Å². The molecule has 2 aliphatic heterocycles. The lowest BCUT2D eigenvalue weighted by Gasteiger charge is -2.40. The molecule has 3 amide bonds. The van der Waals surface area contributed by atoms with E-state index < -0.39 is 11.9 Å². The molecule has 0 aliphatic carbocycles. The van der Waals surface area contributed by atoms with E-state index in [1.165, 1.54) is 0 Å². The maximum absolute atomic E-state index is 14.1. The normalized spacial score (nSPS) is 20.0. The summed E-state index contributed by atoms with van der Waals surface area (Å²) in [4.78, 5) is 46.6. The summed E-state index contributed by atoms with van der Waals surface area (Å²) < 4.78 is 7.74. The van der Waals surface area contributed by atoms with Gasteiger partial charge in [0, 0.05) is 49.9 Å². The average molecular weight is 642 g/mol. The number of aromatic nitrogens is 4. The molecule has 0 radical (unpaired) electrons. The lowest BCUT2D eigenvalue weighted by Crippen LogP contribution is -2.54. The Morgan fingerprint density at radius 1 is 1.02 bits per heavy atom. The van der Waals surface area contributed by atoms with Gasteiger partial charge in [-0.25, -0.2) is 9.67 Å². The second kappa shape index (κ2) is 14.6. The molecule has 46 heavy (non-hydrogen) atoms. The molecular weight excluding hydrogens is 606 g/mol. The highest BCUT2D eigenvalue weighted by molar-refractivity contribution is 6.30. The lowest BCUT2D eigenvalue weighted by atomic mass is 9.80. The molecule has 0 unspecified atom stereocenters. The smallest absolute Gasteiger partial charge is 0.257 e. The summed E-state index contributed by atoms with van der Waals surface area (Å²) in [6.07, 6.45) is 5.16. The molecule has 0 spiro atoms. The minimum absolute atomic E-state index is 0.0219. The van der Waals surface area contributed by atoms with E-state index in [-0.39, 0.29) is 41.5 Å². The first-order valence-electron chi connectivity index (χ1n) is 15.5. The van der Waals surface area contributed by atoms with Crippen LogP contribution in [-0.4, -0.2) is 68.3 Å². The molecule has 2 aromatic heterocycles. The van der Waals surface area contributed by atoms with Gasteiger partial charge in [0.15, 0.2) is 0 Å². The van der Waals surface area contributed by atoms with Crippen molar-refractivity contribution in [3.05, 3.63) is 107 Å². The van der Waals surface area contributed by atoms with Crippen molar-refractivity contribution in [3.8, 4) is 5.88 Å². The molecule has 2 bridgehead atoms. The van der Waals surface area contributed by atoms with Gasteiger partial charge in [0.1, 0.15) is 11.6 Å². The van der Waals surface area contributed by atoms with Crippen molar-refractivity contribution in [2.45, 2.75) is 44.8 Å². The Morgan fingerprint density at radius 3 is 2.67 bits per heavy atom. The van der Waals surface area contributed by atoms with Crippen LogP contribution in [0.25, 0.3) is 0 Å². The van der Waals surface area contributed by atoms with Gasteiger partial charge in [-0.15, -0.1) is 5.10 Å². The third-order valence-electron chi connectivity index (χ3n) is 8.59. The summed E-state index contributed by atoms with van der Waals surface area (Å²) in [7, 11) is 0. The number of nitrogens with one attached hydrogen (secondary N) is 2. The number of pyridine rings is 1. The number of nitrogens with zero attached hydrogens (tertiary/aromatic N) is 5. The predicted molar refractivity (Wildman–Crippen MR) is 171 cm³/mol. The average Bonchev–Trinajstić information content (AvgIpc) is 3.51. The van der Waals surface area contributed by atoms with Crippen molar-refractivity contribution < 1.29 is 19.1 Å². The second-order valence-corrected chi connectivity index (χ2v) is 12.3. The first kappa shape index (κ1) is 31.2. The zero-order valence-electron chi connectivity index (χ0n) is 25.3. The Morgan fingerprint density at radius 2 is 1.85 bits per heavy atom. The maximum atomic E-state index is 14.1. The number of ether oxygens (including phenoxy) is 1. The number of benzene rings is 2. The molecule has 2 aromatic carbocycles. The Hall–Kier alpha value is -4.77. The van der Waals surface area contributed by atoms with E-state index >= 15 is 0 Å². The predicted octanol–water partition coefficient (Wildman–Crippen LogP) is 3.67. The molecule has 2 N–H and O–H groups in total. The number of amides is 3. The summed E-state index contributed by atoms with van der Waals surface area (Å²) >= 11 is 5.98. The number of halogens is 1. The van der Waals surface area contributed by atoms with Crippen LogP contribution < -0.4 is 15.4 Å². The van der Waals surface area contributed by atoms with E-state index in [4.69, 9.17) is 16.3 Å². The van der Waals surface area contributed by atoms with Crippen molar-refractivity contribution in [2.75, 3.05) is 19.7 Å². The highest BCUT2D eigenvalue weighted by atomic mass is 35.5. The Bertz CT molecular complexity index is 1660. The maximum Gasteiger partial charge on any atom is 0.257 e. The Balaban J connectivity index is 1.17. The van der Waals surface area contributed by atoms with Crippen LogP contribution in [0.15, 0.2) is 79.1 Å². The molecule has 12 heteroatoms. The fraction of sp³-hybridized carbons (Fsp3) is 0.353. The zero-order chi connectivity index (χ0) is 31.9. The van der Waals surface area contributed by atoms with E-state index in [0.29, 0.717) is 62.8 Å². The van der Waals surface area contributed by atoms with E-state index in [0.717, 1.165) is 11.1 Å². The summed E-state index contributed by atoms with van der Waals surface area (Å²) in [5, 5.41) is 15.2. The molecule has 6 rings (SSSR count). The molecule has 4 heterocycles. The number of rotatable bonds is 8. The number of hydrogen-bond acceptors (Lipinski definition) is 7. The molecule has 4 aromatic rings. The fourth-order valence-electron chi connectivity index (χ4n) is 6.12. The van der Waals surface area contributed by atoms with Crippen LogP contribution in [-0.2, 0) is 29.1 Å². The van der Waals surface area contributed by atoms with Crippen molar-refractivity contribution in [3.63, 3.8) is 0 Å². The number of carbonyl (C=O) groups is 3. The highest BCUT2D eigenvalue weighted by Gasteiger charge is 2.36. The van der Waals surface area contributed by atoms with E-state index in [9.17, 15) is 14.4 Å². The van der Waals surface area contributed by atoms with E-state index in [2.05, 4.69) is 25.9 Å². The van der Waals surface area contributed by atoms with Crippen LogP contribution in [0.1, 0.15) is 46.4 Å². The lowest BCUT2D eigenvalue weighted by molar-refractivity contribution is -0.136. The first-order valence-corrected chi connectivity index (χ1v) is 15.9. The molecule has 3 atom stereocenters. The standard InChI is InChI=1S/C34H36ClN7O4/c35-27-10-8-23(9-11-27)19-37-31(43)17-25-12-15-41-21-26(25)13-16-46-33-29(7-4-14-36-33)32(44)38-30(34(41)45)18-28-22-42(40-39-28)20-24-5-2-1-3-6-24/h1-11,14,22,25-26,30H,12-13,15-21H2,(H,37,43)(H,38,44)/t25-,26-,30+/m0/s1. The van der Waals surface area contributed by atoms with Gasteiger partial charge in [-0.1, -0.05) is 59.3 Å². The summed E-state index contributed by atoms with van der Waals surface area (Å²) in [5.74, 6) is -0.368. The summed E-state index contributed by atoms with van der Waals surface area (Å²) in [5.41, 5.74) is 2.89. The van der Waals surface area contributed by atoms with Gasteiger partial charge >= 0.3 is 0 Å². The van der Waals surface area contributed by atoms with Crippen molar-refractivity contribution in [1.82, 2.24) is 35.5 Å². The molecule has 2 aliphatic rings. The number of carbonyl (C=O) groups excluding carboxylic acids is 3. The Kier molecular flexibility index (Phi) is 9.88. The first-order chi connectivity index (χ1) is 22.4. The molecule has 1 saturated heterocycles. The second-order valence-electron chi connectivity index (χ2n) is 11.8. The largest absolute Gasteiger partial charge is 0.477 e. The topological polar surface area (TPSA) is 131 Å². The quantitative estimate of drug-likeness (QED) is 0.300. The zero-order valence-corrected chi connectivity index (χ0v) is 26.1. The molecule has 11 nitrogen and oxygen atoms in total. The minimum atomic E-state index is -0.873. The van der Waals surface area contributed by atoms with Crippen molar-refractivity contribution in [2.24, 2.45) is 11.8 Å². The van der Waals surface area contributed by atoms with E-state index in [1.54, 1.807) is 46.2 Å². The van der Waals surface area contributed by atoms with Crippen LogP contribution in [0.2, 0.25) is 5.02 Å². The van der Waals surface area contributed by atoms with Crippen LogP contribution in [0.3, 0.4) is 0 Å². The molecule has 0 saturated carbocycles. The van der Waals surface area contributed by atoms with Gasteiger partial charge in [-0.2, -0.15) is 0 Å². The van der Waals surface area contributed by atoms with Crippen LogP contribution in [0.5, 0.6) is 5.88 Å². The van der Waals surface area contributed by atoms with Gasteiger partial charge in [0.05, 0.1) is 18.8 Å². The third-order valence-corrected chi connectivity index (χ3v) is 8.84. The molecule has 238 valence electrons. The van der Waals surface area contributed by atoms with Crippen molar-refractivity contribution in [1.29, 1.82) is 0 Å². The minimum Gasteiger partial charge on any atom is -0.477 e. The number of piperidine rings is 1. The SMILES string of the molecule is O=C(C[C@@H]1CCN2C[C@@H]1CCOc1ncccc1C(=O)N[C@H](Cc1cn(Cc3ccccc3)nn1)C2=O)NCc1ccc(Cl)cc1. The summed E-state index contributed by atoms with van der Waals surface area (Å²) in [6.45, 7) is 2.20. The van der Waals surface area contributed by atoms with Gasteiger partial charge < -0.3 is 20.3 Å². The van der Waals surface area contributed by atoms with Gasteiger partial charge in [-0.3, -0.25) is 14.4 Å². The van der Waals surface area contributed by atoms with Crippen molar-refractivity contribution >= 4 is 29.3 Å². The van der Waals surface area contributed by atoms with Gasteiger partial charge in [0.2, 0.25) is 17.7 Å². The monoisotopic (exact) mass is 641 g/mol. The van der Waals surface area contributed by atoms with Crippen LogP contribution >= 0.6 is 11.6 Å². The fourth-order valence-corrected chi connectivity index (χ4v) is 6.25. The summed E-state index contributed by atoms with van der Waals surface area (Å²) in [6, 6.07) is 19.7. The highest BCUT2D eigenvalue weighted by Crippen LogP contribution is 2.31. The number of fused-ring (bicyclic) bond motifs is 3.